The number of hydrogen-bond donors (Lipinski definition) is 1. The van der Waals surface area contributed by atoms with Gasteiger partial charge >= 0.3 is 5.63 Å². The summed E-state index contributed by atoms with van der Waals surface area (Å²) in [6.07, 6.45) is 4.78. The van der Waals surface area contributed by atoms with E-state index in [2.05, 4.69) is 43.8 Å². The molecule has 1 aliphatic heterocycles. The highest BCUT2D eigenvalue weighted by molar-refractivity contribution is 6.74. The Balaban J connectivity index is 1.72. The molecule has 3 heterocycles. The molecule has 2 aromatic heterocycles. The zero-order chi connectivity index (χ0) is 18.4. The summed E-state index contributed by atoms with van der Waals surface area (Å²) in [5.74, 6) is 0. The highest BCUT2D eigenvalue weighted by Crippen LogP contribution is 2.37. The van der Waals surface area contributed by atoms with E-state index < -0.39 is 20.2 Å². The van der Waals surface area contributed by atoms with Crippen LogP contribution in [-0.4, -0.2) is 35.6 Å². The number of anilines is 1. The summed E-state index contributed by atoms with van der Waals surface area (Å²) in [5.41, 5.74) is 5.39. The second kappa shape index (κ2) is 6.08. The van der Waals surface area contributed by atoms with Crippen LogP contribution in [0.4, 0.5) is 6.01 Å². The number of rotatable bonds is 4. The lowest BCUT2D eigenvalue weighted by molar-refractivity contribution is -0.00381. The fourth-order valence-corrected chi connectivity index (χ4v) is 3.33. The van der Waals surface area contributed by atoms with Gasteiger partial charge in [-0.1, -0.05) is 26.8 Å². The van der Waals surface area contributed by atoms with E-state index in [1.165, 1.54) is 6.33 Å². The third-order valence-electron chi connectivity index (χ3n) is 4.87. The first-order chi connectivity index (χ1) is 11.6. The van der Waals surface area contributed by atoms with Crippen LogP contribution in [-0.2, 0) is 9.16 Å². The lowest BCUT2D eigenvalue weighted by Crippen LogP contribution is -2.42. The van der Waals surface area contributed by atoms with Crippen molar-refractivity contribution in [2.24, 2.45) is 0 Å². The van der Waals surface area contributed by atoms with Crippen LogP contribution in [0.3, 0.4) is 0 Å². The highest BCUT2D eigenvalue weighted by atomic mass is 28.4. The van der Waals surface area contributed by atoms with Gasteiger partial charge in [0.05, 0.1) is 12.9 Å². The van der Waals surface area contributed by atoms with Gasteiger partial charge in [-0.2, -0.15) is 4.98 Å². The van der Waals surface area contributed by atoms with Crippen LogP contribution in [0.1, 0.15) is 27.0 Å². The van der Waals surface area contributed by atoms with Gasteiger partial charge in [-0.25, -0.2) is 9.78 Å². The SMILES string of the molecule is CC(C)(C)[Si](C)(C)OC[C@@H]1C=C[C@H](n2cnc3c(=O)oc(N)nc32)O1. The molecule has 0 unspecified atom stereocenters. The van der Waals surface area contributed by atoms with Gasteiger partial charge in [0.2, 0.25) is 0 Å². The van der Waals surface area contributed by atoms with Crippen molar-refractivity contribution in [3.8, 4) is 0 Å². The predicted molar refractivity (Wildman–Crippen MR) is 96.7 cm³/mol. The minimum Gasteiger partial charge on any atom is -0.414 e. The molecule has 1 aliphatic rings. The third kappa shape index (κ3) is 3.39. The largest absolute Gasteiger partial charge is 0.414 e. The molecule has 0 saturated heterocycles. The third-order valence-corrected chi connectivity index (χ3v) is 9.37. The summed E-state index contributed by atoms with van der Waals surface area (Å²) < 4.78 is 18.6. The summed E-state index contributed by atoms with van der Waals surface area (Å²) in [6, 6.07) is -0.195. The molecule has 0 radical (unpaired) electrons. The summed E-state index contributed by atoms with van der Waals surface area (Å²) in [5, 5.41) is 0.144. The number of ether oxygens (including phenoxy) is 1. The first-order valence-electron chi connectivity index (χ1n) is 8.19. The molecule has 0 saturated carbocycles. The van der Waals surface area contributed by atoms with Crippen molar-refractivity contribution in [3.63, 3.8) is 0 Å². The van der Waals surface area contributed by atoms with E-state index in [0.717, 1.165) is 0 Å². The fraction of sp³-hybridized carbons (Fsp3) is 0.562. The van der Waals surface area contributed by atoms with Gasteiger partial charge < -0.3 is 19.3 Å². The van der Waals surface area contributed by atoms with Crippen LogP contribution in [0.25, 0.3) is 11.2 Å². The Morgan fingerprint density at radius 1 is 1.36 bits per heavy atom. The monoisotopic (exact) mass is 364 g/mol. The first-order valence-corrected chi connectivity index (χ1v) is 11.1. The lowest BCUT2D eigenvalue weighted by atomic mass is 10.2. The number of fused-ring (bicyclic) bond motifs is 1. The van der Waals surface area contributed by atoms with Crippen LogP contribution in [0.2, 0.25) is 18.1 Å². The normalized spacial score (nSPS) is 21.3. The maximum Gasteiger partial charge on any atom is 0.368 e. The van der Waals surface area contributed by atoms with Gasteiger partial charge in [0.1, 0.15) is 6.10 Å². The van der Waals surface area contributed by atoms with Crippen LogP contribution in [0.5, 0.6) is 0 Å². The summed E-state index contributed by atoms with van der Waals surface area (Å²) in [6.45, 7) is 11.5. The predicted octanol–water partition coefficient (Wildman–Crippen LogP) is 2.44. The van der Waals surface area contributed by atoms with E-state index in [-0.39, 0.29) is 22.7 Å². The zero-order valence-corrected chi connectivity index (χ0v) is 16.1. The number of nitrogen functional groups attached to an aromatic ring is 1. The number of nitrogens with two attached hydrogens (primary N) is 1. The molecule has 3 rings (SSSR count). The molecular weight excluding hydrogens is 340 g/mol. The van der Waals surface area contributed by atoms with Crippen molar-refractivity contribution in [1.29, 1.82) is 0 Å². The van der Waals surface area contributed by atoms with Crippen LogP contribution in [0.15, 0.2) is 27.7 Å². The molecule has 2 aromatic rings. The van der Waals surface area contributed by atoms with Crippen LogP contribution >= 0.6 is 0 Å². The minimum absolute atomic E-state index is 0.132. The van der Waals surface area contributed by atoms with Gasteiger partial charge in [-0.05, 0) is 24.2 Å². The molecule has 0 fully saturated rings. The van der Waals surface area contributed by atoms with Crippen molar-refractivity contribution in [3.05, 3.63) is 28.9 Å². The van der Waals surface area contributed by atoms with E-state index in [9.17, 15) is 4.79 Å². The fourth-order valence-electron chi connectivity index (χ4n) is 2.31. The second-order valence-electron chi connectivity index (χ2n) is 7.68. The molecular formula is C16H24N4O4Si. The van der Waals surface area contributed by atoms with Gasteiger partial charge in [0, 0.05) is 0 Å². The highest BCUT2D eigenvalue weighted by Gasteiger charge is 2.38. The molecule has 2 N–H and O–H groups in total. The lowest BCUT2D eigenvalue weighted by Gasteiger charge is -2.36. The van der Waals surface area contributed by atoms with Gasteiger partial charge in [-0.15, -0.1) is 0 Å². The van der Waals surface area contributed by atoms with Crippen molar-refractivity contribution in [1.82, 2.24) is 14.5 Å². The second-order valence-corrected chi connectivity index (χ2v) is 12.5. The maximum absolute atomic E-state index is 11.8. The Labute approximate surface area is 146 Å². The molecule has 0 bridgehead atoms. The van der Waals surface area contributed by atoms with Crippen molar-refractivity contribution < 1.29 is 13.6 Å². The molecule has 9 heteroatoms. The van der Waals surface area contributed by atoms with Gasteiger partial charge in [0.25, 0.3) is 6.01 Å². The van der Waals surface area contributed by atoms with E-state index in [1.807, 2.05) is 12.2 Å². The smallest absolute Gasteiger partial charge is 0.368 e. The first kappa shape index (κ1) is 17.8. The summed E-state index contributed by atoms with van der Waals surface area (Å²) in [7, 11) is -1.83. The average Bonchev–Trinajstić information content (AvgIpc) is 3.10. The van der Waals surface area contributed by atoms with Crippen LogP contribution < -0.4 is 11.4 Å². The number of imidazole rings is 1. The summed E-state index contributed by atoms with van der Waals surface area (Å²) >= 11 is 0. The minimum atomic E-state index is -1.83. The Bertz CT molecular complexity index is 865. The standard InChI is InChI=1S/C16H24N4O4Si/c1-16(2,3)25(4,5)22-8-10-6-7-11(23-10)20-9-18-12-13(20)19-15(17)24-14(12)21/h6-7,9-11H,8H2,1-5H3,(H2,17,19)/t10-,11+/m0/s1. The van der Waals surface area contributed by atoms with Crippen molar-refractivity contribution >= 4 is 25.5 Å². The molecule has 2 atom stereocenters. The Hall–Kier alpha value is -1.97. The Morgan fingerprint density at radius 3 is 2.76 bits per heavy atom. The van der Waals surface area contributed by atoms with Gasteiger partial charge in [0.15, 0.2) is 25.7 Å². The maximum atomic E-state index is 11.8. The number of nitrogens with zero attached hydrogens (tertiary/aromatic N) is 3. The van der Waals surface area contributed by atoms with E-state index in [4.69, 9.17) is 19.3 Å². The molecule has 8 nitrogen and oxygen atoms in total. The molecule has 0 amide bonds. The molecule has 0 spiro atoms. The van der Waals surface area contributed by atoms with Crippen LogP contribution in [0, 0.1) is 0 Å². The number of hydrogen-bond acceptors (Lipinski definition) is 7. The number of aromatic nitrogens is 3. The molecule has 0 aromatic carbocycles. The molecule has 0 aliphatic carbocycles. The quantitative estimate of drug-likeness (QED) is 0.656. The topological polar surface area (TPSA) is 105 Å². The van der Waals surface area contributed by atoms with E-state index in [0.29, 0.717) is 12.3 Å². The Morgan fingerprint density at radius 2 is 2.08 bits per heavy atom. The molecule has 25 heavy (non-hydrogen) atoms. The van der Waals surface area contributed by atoms with Crippen molar-refractivity contribution in [2.45, 2.75) is 51.2 Å². The average molecular weight is 364 g/mol. The zero-order valence-electron chi connectivity index (χ0n) is 15.1. The Kier molecular flexibility index (Phi) is 4.34. The van der Waals surface area contributed by atoms with Crippen molar-refractivity contribution in [2.75, 3.05) is 12.3 Å². The van der Waals surface area contributed by atoms with E-state index in [1.54, 1.807) is 4.57 Å². The summed E-state index contributed by atoms with van der Waals surface area (Å²) in [4.78, 5) is 19.9. The van der Waals surface area contributed by atoms with Gasteiger partial charge in [-0.3, -0.25) is 4.57 Å². The van der Waals surface area contributed by atoms with E-state index >= 15 is 0 Å². The molecule has 136 valence electrons.